The van der Waals surface area contributed by atoms with E-state index in [1.165, 1.54) is 6.42 Å². The standard InChI is InChI=1S/C11H21N3O.ClH/c1-8-9(12)5-7-14(8)11(15)10-4-2-3-6-13-10;/h8-10,13H,2-7,12H2,1H3;1H/t8?,9?,10-;/m1./s1. The summed E-state index contributed by atoms with van der Waals surface area (Å²) < 4.78 is 0. The summed E-state index contributed by atoms with van der Waals surface area (Å²) in [5, 5.41) is 3.30. The summed E-state index contributed by atoms with van der Waals surface area (Å²) in [4.78, 5) is 14.1. The number of halogens is 1. The second-order valence-electron chi connectivity index (χ2n) is 4.73. The molecule has 4 nitrogen and oxygen atoms in total. The SMILES string of the molecule is CC1C(N)CCN1C(=O)[C@H]1CCCCN1.Cl. The fourth-order valence-electron chi connectivity index (χ4n) is 2.54. The van der Waals surface area contributed by atoms with E-state index in [1.807, 2.05) is 4.90 Å². The van der Waals surface area contributed by atoms with Crippen LogP contribution in [-0.2, 0) is 4.79 Å². The number of rotatable bonds is 1. The van der Waals surface area contributed by atoms with Gasteiger partial charge in [0, 0.05) is 18.6 Å². The quantitative estimate of drug-likeness (QED) is 0.710. The van der Waals surface area contributed by atoms with Crippen molar-refractivity contribution in [2.45, 2.75) is 50.7 Å². The molecular weight excluding hydrogens is 226 g/mol. The van der Waals surface area contributed by atoms with Crippen molar-refractivity contribution in [3.05, 3.63) is 0 Å². The van der Waals surface area contributed by atoms with Crippen molar-refractivity contribution in [1.82, 2.24) is 10.2 Å². The molecule has 2 saturated heterocycles. The molecule has 0 radical (unpaired) electrons. The van der Waals surface area contributed by atoms with Gasteiger partial charge in [-0.05, 0) is 32.7 Å². The van der Waals surface area contributed by atoms with E-state index in [2.05, 4.69) is 12.2 Å². The largest absolute Gasteiger partial charge is 0.337 e. The molecule has 0 aromatic carbocycles. The van der Waals surface area contributed by atoms with Gasteiger partial charge in [-0.15, -0.1) is 12.4 Å². The third-order valence-corrected chi connectivity index (χ3v) is 3.71. The Balaban J connectivity index is 0.00000128. The smallest absolute Gasteiger partial charge is 0.239 e. The molecule has 5 heteroatoms. The van der Waals surface area contributed by atoms with Gasteiger partial charge in [-0.1, -0.05) is 6.42 Å². The van der Waals surface area contributed by atoms with Crippen LogP contribution in [0.25, 0.3) is 0 Å². The highest BCUT2D eigenvalue weighted by Crippen LogP contribution is 2.19. The Morgan fingerprint density at radius 2 is 2.12 bits per heavy atom. The molecule has 2 unspecified atom stereocenters. The minimum absolute atomic E-state index is 0. The number of hydrogen-bond donors (Lipinski definition) is 2. The van der Waals surface area contributed by atoms with E-state index in [-0.39, 0.29) is 36.4 Å². The van der Waals surface area contributed by atoms with Gasteiger partial charge in [-0.25, -0.2) is 0 Å². The summed E-state index contributed by atoms with van der Waals surface area (Å²) in [7, 11) is 0. The van der Waals surface area contributed by atoms with E-state index >= 15 is 0 Å². The first-order valence-corrected chi connectivity index (χ1v) is 5.99. The monoisotopic (exact) mass is 247 g/mol. The molecule has 2 rings (SSSR count). The first-order valence-electron chi connectivity index (χ1n) is 5.99. The maximum Gasteiger partial charge on any atom is 0.239 e. The lowest BCUT2D eigenvalue weighted by Crippen LogP contribution is -2.51. The Morgan fingerprint density at radius 1 is 1.38 bits per heavy atom. The van der Waals surface area contributed by atoms with E-state index in [4.69, 9.17) is 5.73 Å². The van der Waals surface area contributed by atoms with E-state index in [9.17, 15) is 4.79 Å². The van der Waals surface area contributed by atoms with Gasteiger partial charge < -0.3 is 16.0 Å². The van der Waals surface area contributed by atoms with Crippen LogP contribution in [0.3, 0.4) is 0 Å². The number of hydrogen-bond acceptors (Lipinski definition) is 3. The van der Waals surface area contributed by atoms with Crippen LogP contribution in [0.2, 0.25) is 0 Å². The predicted molar refractivity (Wildman–Crippen MR) is 66.7 cm³/mol. The summed E-state index contributed by atoms with van der Waals surface area (Å²) in [5.74, 6) is 0.259. The van der Waals surface area contributed by atoms with Crippen LogP contribution in [-0.4, -0.2) is 42.0 Å². The highest BCUT2D eigenvalue weighted by Gasteiger charge is 2.35. The molecule has 2 aliphatic rings. The zero-order valence-electron chi connectivity index (χ0n) is 9.82. The van der Waals surface area contributed by atoms with Gasteiger partial charge in [0.1, 0.15) is 0 Å². The molecule has 0 aromatic heterocycles. The topological polar surface area (TPSA) is 58.4 Å². The first kappa shape index (κ1) is 13.7. The van der Waals surface area contributed by atoms with Crippen molar-refractivity contribution in [1.29, 1.82) is 0 Å². The number of nitrogens with zero attached hydrogens (tertiary/aromatic N) is 1. The second-order valence-corrected chi connectivity index (χ2v) is 4.73. The molecule has 0 aromatic rings. The third kappa shape index (κ3) is 2.67. The van der Waals surface area contributed by atoms with Crippen LogP contribution in [0, 0.1) is 0 Å². The third-order valence-electron chi connectivity index (χ3n) is 3.71. The van der Waals surface area contributed by atoms with Gasteiger partial charge in [0.05, 0.1) is 6.04 Å². The van der Waals surface area contributed by atoms with E-state index in [0.717, 1.165) is 32.4 Å². The van der Waals surface area contributed by atoms with Crippen LogP contribution in [0.15, 0.2) is 0 Å². The highest BCUT2D eigenvalue weighted by molar-refractivity contribution is 5.85. The maximum atomic E-state index is 12.2. The molecule has 2 fully saturated rings. The van der Waals surface area contributed by atoms with Crippen LogP contribution in [0.1, 0.15) is 32.6 Å². The van der Waals surface area contributed by atoms with Gasteiger partial charge >= 0.3 is 0 Å². The van der Waals surface area contributed by atoms with Gasteiger partial charge in [0.2, 0.25) is 5.91 Å². The highest BCUT2D eigenvalue weighted by atomic mass is 35.5. The van der Waals surface area contributed by atoms with E-state index < -0.39 is 0 Å². The fourth-order valence-corrected chi connectivity index (χ4v) is 2.54. The molecule has 16 heavy (non-hydrogen) atoms. The Kier molecular flexibility index (Phi) is 5.02. The average molecular weight is 248 g/mol. The first-order chi connectivity index (χ1) is 7.20. The molecule has 94 valence electrons. The molecule has 1 amide bonds. The van der Waals surface area contributed by atoms with Crippen molar-refractivity contribution in [2.75, 3.05) is 13.1 Å². The molecule has 2 heterocycles. The number of carbonyl (C=O) groups excluding carboxylic acids is 1. The lowest BCUT2D eigenvalue weighted by atomic mass is 10.0. The number of carbonyl (C=O) groups is 1. The van der Waals surface area contributed by atoms with Gasteiger partial charge in [0.25, 0.3) is 0 Å². The molecule has 0 aliphatic carbocycles. The summed E-state index contributed by atoms with van der Waals surface area (Å²) in [6.07, 6.45) is 4.29. The Labute approximate surface area is 103 Å². The van der Waals surface area contributed by atoms with E-state index in [1.54, 1.807) is 0 Å². The maximum absolute atomic E-state index is 12.2. The molecule has 3 atom stereocenters. The lowest BCUT2D eigenvalue weighted by molar-refractivity contribution is -0.134. The van der Waals surface area contributed by atoms with Crippen LogP contribution >= 0.6 is 12.4 Å². The summed E-state index contributed by atoms with van der Waals surface area (Å²) >= 11 is 0. The van der Waals surface area contributed by atoms with Crippen molar-refractivity contribution < 1.29 is 4.79 Å². The van der Waals surface area contributed by atoms with Crippen LogP contribution < -0.4 is 11.1 Å². The van der Waals surface area contributed by atoms with E-state index in [0.29, 0.717) is 0 Å². The van der Waals surface area contributed by atoms with Crippen molar-refractivity contribution in [2.24, 2.45) is 5.73 Å². The number of amides is 1. The lowest BCUT2D eigenvalue weighted by Gasteiger charge is -2.30. The number of likely N-dealkylation sites (tertiary alicyclic amines) is 1. The molecule has 0 bridgehead atoms. The number of nitrogens with two attached hydrogens (primary N) is 1. The predicted octanol–water partition coefficient (Wildman–Crippen LogP) is 0.498. The van der Waals surface area contributed by atoms with Gasteiger partial charge in [-0.2, -0.15) is 0 Å². The minimum Gasteiger partial charge on any atom is -0.337 e. The number of piperidine rings is 1. The average Bonchev–Trinajstić information content (AvgIpc) is 2.60. The summed E-state index contributed by atoms with van der Waals surface area (Å²) in [6.45, 7) is 3.86. The Hall–Kier alpha value is -0.320. The Morgan fingerprint density at radius 3 is 2.62 bits per heavy atom. The fraction of sp³-hybridized carbons (Fsp3) is 0.909. The normalized spacial score (nSPS) is 34.6. The zero-order chi connectivity index (χ0) is 10.8. The summed E-state index contributed by atoms with van der Waals surface area (Å²) in [5.41, 5.74) is 5.92. The summed E-state index contributed by atoms with van der Waals surface area (Å²) in [6, 6.07) is 0.422. The molecule has 3 N–H and O–H groups in total. The van der Waals surface area contributed by atoms with Gasteiger partial charge in [-0.3, -0.25) is 4.79 Å². The Bertz CT molecular complexity index is 243. The molecule has 0 saturated carbocycles. The van der Waals surface area contributed by atoms with Crippen LogP contribution in [0.5, 0.6) is 0 Å². The number of nitrogens with one attached hydrogen (secondary N) is 1. The van der Waals surface area contributed by atoms with Crippen molar-refractivity contribution in [3.8, 4) is 0 Å². The second kappa shape index (κ2) is 5.84. The molecular formula is C11H22ClN3O. The van der Waals surface area contributed by atoms with Crippen molar-refractivity contribution >= 4 is 18.3 Å². The minimum atomic E-state index is 0. The molecule has 2 aliphatic heterocycles. The van der Waals surface area contributed by atoms with Crippen LogP contribution in [0.4, 0.5) is 0 Å². The molecule has 0 spiro atoms. The van der Waals surface area contributed by atoms with Crippen molar-refractivity contribution in [3.63, 3.8) is 0 Å². The zero-order valence-corrected chi connectivity index (χ0v) is 10.6. The van der Waals surface area contributed by atoms with Gasteiger partial charge in [0.15, 0.2) is 0 Å².